The average molecular weight is 195 g/mol. The van der Waals surface area contributed by atoms with Gasteiger partial charge in [0.2, 0.25) is 0 Å². The molecule has 0 aliphatic carbocycles. The first kappa shape index (κ1) is 10.9. The maximum Gasteiger partial charge on any atom is 0.128 e. The first-order chi connectivity index (χ1) is 6.88. The van der Waals surface area contributed by atoms with Crippen molar-refractivity contribution in [1.29, 1.82) is 0 Å². The molecule has 1 aromatic heterocycles. The van der Waals surface area contributed by atoms with Gasteiger partial charge in [-0.25, -0.2) is 4.98 Å². The van der Waals surface area contributed by atoms with Gasteiger partial charge in [0.05, 0.1) is 6.61 Å². The standard InChI is InChI=1S/C10H17N3O/c1-14-9-8-13(7-5-11)10-4-2-3-6-12-10/h2-4,6H,5,7-9,11H2,1H3. The van der Waals surface area contributed by atoms with Crippen LogP contribution in [0.15, 0.2) is 24.4 Å². The van der Waals surface area contributed by atoms with E-state index < -0.39 is 0 Å². The Hall–Kier alpha value is -1.13. The molecule has 4 nitrogen and oxygen atoms in total. The Morgan fingerprint density at radius 2 is 2.29 bits per heavy atom. The second-order valence-electron chi connectivity index (χ2n) is 2.96. The summed E-state index contributed by atoms with van der Waals surface area (Å²) < 4.78 is 5.03. The van der Waals surface area contributed by atoms with Crippen molar-refractivity contribution in [2.75, 3.05) is 38.3 Å². The number of ether oxygens (including phenoxy) is 1. The molecule has 0 saturated heterocycles. The third-order valence-electron chi connectivity index (χ3n) is 1.94. The van der Waals surface area contributed by atoms with Gasteiger partial charge in [0.25, 0.3) is 0 Å². The van der Waals surface area contributed by atoms with Gasteiger partial charge in [-0.1, -0.05) is 6.07 Å². The van der Waals surface area contributed by atoms with E-state index >= 15 is 0 Å². The molecule has 0 saturated carbocycles. The monoisotopic (exact) mass is 195 g/mol. The molecule has 0 aliphatic rings. The highest BCUT2D eigenvalue weighted by atomic mass is 16.5. The van der Waals surface area contributed by atoms with Crippen LogP contribution in [-0.2, 0) is 4.74 Å². The molecule has 0 atom stereocenters. The van der Waals surface area contributed by atoms with E-state index in [0.29, 0.717) is 13.2 Å². The fourth-order valence-corrected chi connectivity index (χ4v) is 1.24. The Labute approximate surface area is 84.7 Å². The van der Waals surface area contributed by atoms with Crippen LogP contribution < -0.4 is 10.6 Å². The molecule has 1 aromatic rings. The molecular weight excluding hydrogens is 178 g/mol. The van der Waals surface area contributed by atoms with Gasteiger partial charge >= 0.3 is 0 Å². The normalized spacial score (nSPS) is 10.1. The number of anilines is 1. The smallest absolute Gasteiger partial charge is 0.128 e. The van der Waals surface area contributed by atoms with Crippen molar-refractivity contribution in [2.45, 2.75) is 0 Å². The lowest BCUT2D eigenvalue weighted by Crippen LogP contribution is -2.32. The van der Waals surface area contributed by atoms with E-state index in [4.69, 9.17) is 10.5 Å². The summed E-state index contributed by atoms with van der Waals surface area (Å²) in [7, 11) is 1.69. The van der Waals surface area contributed by atoms with Gasteiger partial charge in [0.15, 0.2) is 0 Å². The molecule has 2 N–H and O–H groups in total. The third-order valence-corrected chi connectivity index (χ3v) is 1.94. The summed E-state index contributed by atoms with van der Waals surface area (Å²) in [6.45, 7) is 2.95. The third kappa shape index (κ3) is 3.32. The van der Waals surface area contributed by atoms with Crippen LogP contribution in [0.5, 0.6) is 0 Å². The summed E-state index contributed by atoms with van der Waals surface area (Å²) in [5.41, 5.74) is 5.53. The summed E-state index contributed by atoms with van der Waals surface area (Å²) in [5.74, 6) is 0.954. The SMILES string of the molecule is COCCN(CCN)c1ccccn1. The molecule has 4 heteroatoms. The first-order valence-electron chi connectivity index (χ1n) is 4.73. The van der Waals surface area contributed by atoms with Crippen LogP contribution in [0.25, 0.3) is 0 Å². The molecule has 0 aromatic carbocycles. The number of aromatic nitrogens is 1. The van der Waals surface area contributed by atoms with Gasteiger partial charge < -0.3 is 15.4 Å². The highest BCUT2D eigenvalue weighted by Crippen LogP contribution is 2.07. The zero-order valence-electron chi connectivity index (χ0n) is 8.52. The summed E-state index contributed by atoms with van der Waals surface area (Å²) in [5, 5.41) is 0. The van der Waals surface area contributed by atoms with Crippen LogP contribution in [0, 0.1) is 0 Å². The number of nitrogens with zero attached hydrogens (tertiary/aromatic N) is 2. The number of hydrogen-bond donors (Lipinski definition) is 1. The fourth-order valence-electron chi connectivity index (χ4n) is 1.24. The van der Waals surface area contributed by atoms with Crippen LogP contribution in [0.1, 0.15) is 0 Å². The second-order valence-corrected chi connectivity index (χ2v) is 2.96. The summed E-state index contributed by atoms with van der Waals surface area (Å²) in [6, 6.07) is 5.85. The summed E-state index contributed by atoms with van der Waals surface area (Å²) in [6.07, 6.45) is 1.78. The van der Waals surface area contributed by atoms with E-state index in [1.54, 1.807) is 13.3 Å². The van der Waals surface area contributed by atoms with E-state index in [1.807, 2.05) is 18.2 Å². The Morgan fingerprint density at radius 3 is 2.86 bits per heavy atom. The predicted octanol–water partition coefficient (Wildman–Crippen LogP) is 0.493. The maximum absolute atomic E-state index is 5.53. The molecule has 78 valence electrons. The van der Waals surface area contributed by atoms with Crippen LogP contribution in [0.2, 0.25) is 0 Å². The van der Waals surface area contributed by atoms with Crippen LogP contribution in [0.4, 0.5) is 5.82 Å². The van der Waals surface area contributed by atoms with Crippen molar-refractivity contribution in [1.82, 2.24) is 4.98 Å². The zero-order valence-corrected chi connectivity index (χ0v) is 8.52. The van der Waals surface area contributed by atoms with Gasteiger partial charge in [0.1, 0.15) is 5.82 Å². The topological polar surface area (TPSA) is 51.4 Å². The Kier molecular flexibility index (Phi) is 4.96. The summed E-state index contributed by atoms with van der Waals surface area (Å²) >= 11 is 0. The first-order valence-corrected chi connectivity index (χ1v) is 4.73. The molecule has 0 bridgehead atoms. The molecule has 0 spiro atoms. The van der Waals surface area contributed by atoms with Crippen molar-refractivity contribution in [2.24, 2.45) is 5.73 Å². The number of pyridine rings is 1. The molecular formula is C10H17N3O. The number of hydrogen-bond acceptors (Lipinski definition) is 4. The Balaban J connectivity index is 2.58. The van der Waals surface area contributed by atoms with Gasteiger partial charge in [-0.15, -0.1) is 0 Å². The molecule has 0 radical (unpaired) electrons. The lowest BCUT2D eigenvalue weighted by atomic mass is 10.4. The minimum atomic E-state index is 0.625. The minimum absolute atomic E-state index is 0.625. The van der Waals surface area contributed by atoms with Crippen molar-refractivity contribution in [3.8, 4) is 0 Å². The lowest BCUT2D eigenvalue weighted by Gasteiger charge is -2.22. The largest absolute Gasteiger partial charge is 0.383 e. The van der Waals surface area contributed by atoms with E-state index in [2.05, 4.69) is 9.88 Å². The zero-order chi connectivity index (χ0) is 10.2. The van der Waals surface area contributed by atoms with Crippen molar-refractivity contribution in [3.63, 3.8) is 0 Å². The van der Waals surface area contributed by atoms with Crippen molar-refractivity contribution >= 4 is 5.82 Å². The quantitative estimate of drug-likeness (QED) is 0.718. The average Bonchev–Trinajstić information content (AvgIpc) is 2.25. The Morgan fingerprint density at radius 1 is 1.43 bits per heavy atom. The highest BCUT2D eigenvalue weighted by Gasteiger charge is 2.04. The fraction of sp³-hybridized carbons (Fsp3) is 0.500. The minimum Gasteiger partial charge on any atom is -0.383 e. The molecule has 1 heterocycles. The van der Waals surface area contributed by atoms with Crippen LogP contribution in [-0.4, -0.2) is 38.3 Å². The van der Waals surface area contributed by atoms with Crippen LogP contribution >= 0.6 is 0 Å². The number of methoxy groups -OCH3 is 1. The van der Waals surface area contributed by atoms with Gasteiger partial charge in [0, 0.05) is 32.9 Å². The summed E-state index contributed by atoms with van der Waals surface area (Å²) in [4.78, 5) is 6.38. The van der Waals surface area contributed by atoms with Crippen molar-refractivity contribution < 1.29 is 4.74 Å². The molecule has 0 amide bonds. The van der Waals surface area contributed by atoms with Crippen LogP contribution in [0.3, 0.4) is 0 Å². The van der Waals surface area contributed by atoms with E-state index in [-0.39, 0.29) is 0 Å². The lowest BCUT2D eigenvalue weighted by molar-refractivity contribution is 0.205. The van der Waals surface area contributed by atoms with E-state index in [9.17, 15) is 0 Å². The molecule has 0 unspecified atom stereocenters. The highest BCUT2D eigenvalue weighted by molar-refractivity contribution is 5.37. The predicted molar refractivity (Wildman–Crippen MR) is 57.4 cm³/mol. The second kappa shape index (κ2) is 6.34. The van der Waals surface area contributed by atoms with Gasteiger partial charge in [-0.3, -0.25) is 0 Å². The molecule has 1 rings (SSSR count). The van der Waals surface area contributed by atoms with Gasteiger partial charge in [-0.05, 0) is 12.1 Å². The van der Waals surface area contributed by atoms with E-state index in [0.717, 1.165) is 18.9 Å². The maximum atomic E-state index is 5.53. The molecule has 0 aliphatic heterocycles. The number of rotatable bonds is 6. The molecule has 14 heavy (non-hydrogen) atoms. The van der Waals surface area contributed by atoms with Crippen molar-refractivity contribution in [3.05, 3.63) is 24.4 Å². The molecule has 0 fully saturated rings. The number of nitrogens with two attached hydrogens (primary N) is 1. The van der Waals surface area contributed by atoms with Gasteiger partial charge in [-0.2, -0.15) is 0 Å². The Bertz CT molecular complexity index is 240. The van der Waals surface area contributed by atoms with E-state index in [1.165, 1.54) is 0 Å².